The number of nitriles is 1. The molecule has 152 valence electrons. The number of carbonyl (C=O) groups is 1. The van der Waals surface area contributed by atoms with Crippen LogP contribution in [0.15, 0.2) is 36.0 Å². The molecule has 0 radical (unpaired) electrons. The van der Waals surface area contributed by atoms with Gasteiger partial charge in [0.2, 0.25) is 5.95 Å². The molecule has 0 saturated carbocycles. The van der Waals surface area contributed by atoms with E-state index in [-0.39, 0.29) is 5.91 Å². The molecule has 3 heterocycles. The Labute approximate surface area is 182 Å². The van der Waals surface area contributed by atoms with Gasteiger partial charge in [-0.15, -0.1) is 11.3 Å². The van der Waals surface area contributed by atoms with Gasteiger partial charge in [0.15, 0.2) is 0 Å². The fraction of sp³-hybridized carbons (Fsp3) is 0.250. The van der Waals surface area contributed by atoms with Gasteiger partial charge in [0.1, 0.15) is 16.6 Å². The van der Waals surface area contributed by atoms with Gasteiger partial charge in [0.05, 0.1) is 11.2 Å². The Hall–Kier alpha value is -3.06. The highest BCUT2D eigenvalue weighted by atomic mass is 35.5. The van der Waals surface area contributed by atoms with Gasteiger partial charge in [-0.1, -0.05) is 11.6 Å². The zero-order chi connectivity index (χ0) is 21.1. The first-order chi connectivity index (χ1) is 14.5. The Morgan fingerprint density at radius 2 is 2.03 bits per heavy atom. The number of anilines is 2. The number of likely N-dealkylation sites (N-methyl/N-ethyl adjacent to an activating group) is 1. The molecule has 0 atom stereocenters. The number of amides is 1. The topological polar surface area (TPSA) is 98.0 Å². The molecule has 0 unspecified atom stereocenters. The number of nitrogens with one attached hydrogen (secondary N) is 1. The highest BCUT2D eigenvalue weighted by molar-refractivity contribution is 7.10. The number of halogens is 1. The summed E-state index contributed by atoms with van der Waals surface area (Å²) in [7, 11) is 2.04. The second-order valence-electron chi connectivity index (χ2n) is 6.86. The molecule has 1 aliphatic rings. The third kappa shape index (κ3) is 4.41. The molecule has 1 amide bonds. The molecule has 1 fully saturated rings. The van der Waals surface area contributed by atoms with E-state index in [1.165, 1.54) is 11.3 Å². The van der Waals surface area contributed by atoms with Crippen LogP contribution in [0, 0.1) is 11.3 Å². The number of nitrogens with zero attached hydrogens (tertiary/aromatic N) is 6. The number of rotatable bonds is 4. The molecule has 1 aromatic carbocycles. The summed E-state index contributed by atoms with van der Waals surface area (Å²) in [6.07, 6.45) is 1.59. The van der Waals surface area contributed by atoms with Gasteiger partial charge in [-0.05, 0) is 31.3 Å². The van der Waals surface area contributed by atoms with E-state index >= 15 is 0 Å². The molecule has 1 saturated heterocycles. The van der Waals surface area contributed by atoms with Crippen LogP contribution in [0.25, 0.3) is 11.4 Å². The summed E-state index contributed by atoms with van der Waals surface area (Å²) in [6, 6.07) is 8.93. The van der Waals surface area contributed by atoms with Crippen molar-refractivity contribution in [2.24, 2.45) is 0 Å². The molecule has 8 nitrogen and oxygen atoms in total. The first-order valence-corrected chi connectivity index (χ1v) is 10.5. The Kier molecular flexibility index (Phi) is 5.90. The summed E-state index contributed by atoms with van der Waals surface area (Å²) in [5.74, 6) is 0.272. The number of piperazine rings is 1. The minimum absolute atomic E-state index is 0.0514. The molecule has 0 bridgehead atoms. The predicted molar refractivity (Wildman–Crippen MR) is 116 cm³/mol. The van der Waals surface area contributed by atoms with Crippen LogP contribution in [0.2, 0.25) is 5.02 Å². The number of benzene rings is 1. The number of aromatic nitrogens is 3. The van der Waals surface area contributed by atoms with Crippen molar-refractivity contribution in [3.8, 4) is 17.5 Å². The van der Waals surface area contributed by atoms with Gasteiger partial charge in [-0.3, -0.25) is 4.79 Å². The third-order valence-electron chi connectivity index (χ3n) is 4.76. The van der Waals surface area contributed by atoms with Gasteiger partial charge in [-0.2, -0.15) is 5.26 Å². The quantitative estimate of drug-likeness (QED) is 0.666. The smallest absolute Gasteiger partial charge is 0.254 e. The van der Waals surface area contributed by atoms with E-state index in [1.54, 1.807) is 36.0 Å². The number of hydrogen-bond acceptors (Lipinski definition) is 8. The number of thiazole rings is 1. The van der Waals surface area contributed by atoms with E-state index in [2.05, 4.69) is 31.2 Å². The fourth-order valence-electron chi connectivity index (χ4n) is 3.17. The summed E-state index contributed by atoms with van der Waals surface area (Å²) in [5.41, 5.74) is 3.79. The van der Waals surface area contributed by atoms with Crippen molar-refractivity contribution in [2.75, 3.05) is 38.5 Å². The standard InChI is InChI=1S/C20H18ClN7OS/c1-27-4-6-28(7-5-27)19(29)13-8-14(21)10-15(9-13)25-20-23-3-2-16(26-20)18-17(11-22)30-12-24-18/h2-3,8-10,12H,4-7H2,1H3,(H,23,25,26). The monoisotopic (exact) mass is 439 g/mol. The number of carbonyl (C=O) groups excluding carboxylic acids is 1. The summed E-state index contributed by atoms with van der Waals surface area (Å²) in [6.45, 7) is 3.06. The van der Waals surface area contributed by atoms with Crippen LogP contribution in [-0.4, -0.2) is 63.9 Å². The van der Waals surface area contributed by atoms with Crippen molar-refractivity contribution in [1.29, 1.82) is 5.26 Å². The normalized spacial score (nSPS) is 14.4. The summed E-state index contributed by atoms with van der Waals surface area (Å²) in [5, 5.41) is 12.8. The summed E-state index contributed by atoms with van der Waals surface area (Å²) < 4.78 is 0. The molecule has 0 aliphatic carbocycles. The van der Waals surface area contributed by atoms with Crippen LogP contribution in [0.1, 0.15) is 15.2 Å². The molecule has 10 heteroatoms. The average molecular weight is 440 g/mol. The van der Waals surface area contributed by atoms with Crippen molar-refractivity contribution < 1.29 is 4.79 Å². The van der Waals surface area contributed by atoms with Crippen LogP contribution in [0.4, 0.5) is 11.6 Å². The lowest BCUT2D eigenvalue weighted by atomic mass is 10.1. The minimum atomic E-state index is -0.0514. The molecule has 1 aliphatic heterocycles. The summed E-state index contributed by atoms with van der Waals surface area (Å²) in [4.78, 5) is 30.3. The second-order valence-corrected chi connectivity index (χ2v) is 8.15. The number of hydrogen-bond donors (Lipinski definition) is 1. The maximum Gasteiger partial charge on any atom is 0.254 e. The average Bonchev–Trinajstić information content (AvgIpc) is 3.22. The minimum Gasteiger partial charge on any atom is -0.336 e. The zero-order valence-corrected chi connectivity index (χ0v) is 17.7. The Bertz CT molecular complexity index is 1120. The van der Waals surface area contributed by atoms with Crippen molar-refractivity contribution in [2.45, 2.75) is 0 Å². The predicted octanol–water partition coefficient (Wildman–Crippen LogP) is 3.26. The Morgan fingerprint density at radius 1 is 1.23 bits per heavy atom. The highest BCUT2D eigenvalue weighted by Gasteiger charge is 2.21. The molecular formula is C20H18ClN7OS. The van der Waals surface area contributed by atoms with Gasteiger partial charge >= 0.3 is 0 Å². The second kappa shape index (κ2) is 8.75. The lowest BCUT2D eigenvalue weighted by Crippen LogP contribution is -2.47. The maximum atomic E-state index is 12.9. The first-order valence-electron chi connectivity index (χ1n) is 9.26. The van der Waals surface area contributed by atoms with Crippen molar-refractivity contribution in [3.05, 3.63) is 51.4 Å². The Balaban J connectivity index is 1.56. The van der Waals surface area contributed by atoms with E-state index in [0.29, 0.717) is 51.6 Å². The third-order valence-corrected chi connectivity index (χ3v) is 5.71. The van der Waals surface area contributed by atoms with E-state index in [1.807, 2.05) is 11.9 Å². The Morgan fingerprint density at radius 3 is 2.80 bits per heavy atom. The molecule has 1 N–H and O–H groups in total. The van der Waals surface area contributed by atoms with Crippen molar-refractivity contribution >= 4 is 40.5 Å². The first kappa shape index (κ1) is 20.2. The lowest BCUT2D eigenvalue weighted by molar-refractivity contribution is 0.0664. The van der Waals surface area contributed by atoms with Gasteiger partial charge in [0, 0.05) is 48.6 Å². The van der Waals surface area contributed by atoms with Gasteiger partial charge < -0.3 is 15.1 Å². The molecule has 30 heavy (non-hydrogen) atoms. The van der Waals surface area contributed by atoms with Crippen LogP contribution in [0.5, 0.6) is 0 Å². The molecule has 2 aromatic heterocycles. The van der Waals surface area contributed by atoms with E-state index in [9.17, 15) is 10.1 Å². The SMILES string of the molecule is CN1CCN(C(=O)c2cc(Cl)cc(Nc3nccc(-c4ncsc4C#N)n3)c2)CC1. The maximum absolute atomic E-state index is 12.9. The van der Waals surface area contributed by atoms with Crippen LogP contribution in [-0.2, 0) is 0 Å². The largest absolute Gasteiger partial charge is 0.336 e. The van der Waals surface area contributed by atoms with Gasteiger partial charge in [-0.25, -0.2) is 15.0 Å². The summed E-state index contributed by atoms with van der Waals surface area (Å²) >= 11 is 7.53. The highest BCUT2D eigenvalue weighted by Crippen LogP contribution is 2.26. The van der Waals surface area contributed by atoms with Crippen LogP contribution in [0.3, 0.4) is 0 Å². The lowest BCUT2D eigenvalue weighted by Gasteiger charge is -2.32. The van der Waals surface area contributed by atoms with E-state index in [4.69, 9.17) is 11.6 Å². The molecule has 3 aromatic rings. The van der Waals surface area contributed by atoms with Crippen LogP contribution < -0.4 is 5.32 Å². The van der Waals surface area contributed by atoms with E-state index < -0.39 is 0 Å². The van der Waals surface area contributed by atoms with Crippen LogP contribution >= 0.6 is 22.9 Å². The van der Waals surface area contributed by atoms with E-state index in [0.717, 1.165) is 13.1 Å². The zero-order valence-electron chi connectivity index (χ0n) is 16.2. The molecule has 0 spiro atoms. The van der Waals surface area contributed by atoms with Crippen molar-refractivity contribution in [3.63, 3.8) is 0 Å². The van der Waals surface area contributed by atoms with Crippen molar-refractivity contribution in [1.82, 2.24) is 24.8 Å². The fourth-order valence-corrected chi connectivity index (χ4v) is 3.99. The van der Waals surface area contributed by atoms with Gasteiger partial charge in [0.25, 0.3) is 5.91 Å². The molecular weight excluding hydrogens is 422 g/mol. The molecule has 4 rings (SSSR count).